The number of alkyl halides is 2. The van der Waals surface area contributed by atoms with Crippen LogP contribution in [0.25, 0.3) is 0 Å². The Bertz CT molecular complexity index is 397. The Morgan fingerprint density at radius 2 is 2.12 bits per heavy atom. The molecule has 3 nitrogen and oxygen atoms in total. The van der Waals surface area contributed by atoms with Crippen molar-refractivity contribution < 1.29 is 23.1 Å². The first-order valence-electron chi connectivity index (χ1n) is 4.42. The predicted molar refractivity (Wildman–Crippen MR) is 50.8 cm³/mol. The summed E-state index contributed by atoms with van der Waals surface area (Å²) in [6.07, 6.45) is -3.21. The fourth-order valence-corrected chi connectivity index (χ4v) is 1.40. The Morgan fingerprint density at radius 3 is 2.50 bits per heavy atom. The van der Waals surface area contributed by atoms with Crippen molar-refractivity contribution in [2.75, 3.05) is 6.54 Å². The minimum absolute atomic E-state index is 0.336. The Kier molecular flexibility index (Phi) is 3.54. The summed E-state index contributed by atoms with van der Waals surface area (Å²) in [7, 11) is 0. The van der Waals surface area contributed by atoms with E-state index in [0.717, 1.165) is 18.2 Å². The first kappa shape index (κ1) is 12.5. The third-order valence-corrected chi connectivity index (χ3v) is 2.42. The second-order valence-electron chi connectivity index (χ2n) is 3.29. The summed E-state index contributed by atoms with van der Waals surface area (Å²) in [5.41, 5.74) is 2.22. The van der Waals surface area contributed by atoms with Gasteiger partial charge in [0.2, 0.25) is 0 Å². The highest BCUT2D eigenvalue weighted by Gasteiger charge is 2.48. The minimum atomic E-state index is -3.21. The number of halogens is 3. The molecule has 0 aliphatic rings. The average molecular weight is 233 g/mol. The number of benzene rings is 1. The van der Waals surface area contributed by atoms with Crippen LogP contribution in [0.1, 0.15) is 5.56 Å². The van der Waals surface area contributed by atoms with E-state index in [2.05, 4.69) is 0 Å². The molecule has 0 radical (unpaired) electrons. The van der Waals surface area contributed by atoms with Gasteiger partial charge in [-0.15, -0.1) is 0 Å². The van der Waals surface area contributed by atoms with Crippen LogP contribution in [0.3, 0.4) is 0 Å². The zero-order valence-electron chi connectivity index (χ0n) is 8.16. The van der Waals surface area contributed by atoms with Gasteiger partial charge < -0.3 is 10.8 Å². The molecule has 0 heterocycles. The van der Waals surface area contributed by atoms with Crippen LogP contribution in [0.5, 0.6) is 0 Å². The third kappa shape index (κ3) is 1.88. The quantitative estimate of drug-likeness (QED) is 0.825. The van der Waals surface area contributed by atoms with Crippen LogP contribution < -0.4 is 5.73 Å². The second-order valence-corrected chi connectivity index (χ2v) is 3.29. The molecule has 0 spiro atoms. The van der Waals surface area contributed by atoms with E-state index in [0.29, 0.717) is 0 Å². The molecule has 16 heavy (non-hydrogen) atoms. The van der Waals surface area contributed by atoms with Crippen LogP contribution in [0, 0.1) is 5.82 Å². The highest BCUT2D eigenvalue weighted by atomic mass is 19.3. The van der Waals surface area contributed by atoms with Crippen LogP contribution >= 0.6 is 0 Å². The molecule has 88 valence electrons. The largest absolute Gasteiger partial charge is 0.480 e. The number of carbonyl (C=O) groups is 1. The van der Waals surface area contributed by atoms with E-state index in [4.69, 9.17) is 10.8 Å². The molecule has 0 bridgehead atoms. The van der Waals surface area contributed by atoms with E-state index in [1.54, 1.807) is 0 Å². The van der Waals surface area contributed by atoms with Gasteiger partial charge in [-0.1, -0.05) is 12.1 Å². The molecule has 1 unspecified atom stereocenters. The molecule has 6 heteroatoms. The Balaban J connectivity index is 3.36. The van der Waals surface area contributed by atoms with Crippen LogP contribution in [-0.2, 0) is 10.2 Å². The summed E-state index contributed by atoms with van der Waals surface area (Å²) in [6, 6.07) is 4.09. The van der Waals surface area contributed by atoms with Gasteiger partial charge in [-0.2, -0.15) is 0 Å². The normalized spacial score (nSPS) is 14.8. The van der Waals surface area contributed by atoms with Crippen molar-refractivity contribution >= 4 is 5.97 Å². The Hall–Kier alpha value is -1.56. The summed E-state index contributed by atoms with van der Waals surface area (Å²) < 4.78 is 38.6. The topological polar surface area (TPSA) is 63.3 Å². The second kappa shape index (κ2) is 4.52. The first-order chi connectivity index (χ1) is 7.45. The fraction of sp³-hybridized carbons (Fsp3) is 0.300. The van der Waals surface area contributed by atoms with Crippen LogP contribution in [-0.4, -0.2) is 24.0 Å². The van der Waals surface area contributed by atoms with E-state index in [9.17, 15) is 18.0 Å². The maximum absolute atomic E-state index is 12.9. The summed E-state index contributed by atoms with van der Waals surface area (Å²) >= 11 is 0. The van der Waals surface area contributed by atoms with Gasteiger partial charge in [-0.05, 0) is 17.7 Å². The van der Waals surface area contributed by atoms with Crippen molar-refractivity contribution in [3.05, 3.63) is 35.6 Å². The minimum Gasteiger partial charge on any atom is -0.480 e. The number of hydrogen-bond donors (Lipinski definition) is 2. The summed E-state index contributed by atoms with van der Waals surface area (Å²) in [5, 5.41) is 8.86. The maximum atomic E-state index is 12.9. The van der Waals surface area contributed by atoms with Gasteiger partial charge in [0.25, 0.3) is 6.43 Å². The molecule has 1 aromatic rings. The number of rotatable bonds is 4. The lowest BCUT2D eigenvalue weighted by atomic mass is 9.81. The molecule has 0 aliphatic carbocycles. The highest BCUT2D eigenvalue weighted by molar-refractivity contribution is 5.82. The molecule has 0 saturated heterocycles. The van der Waals surface area contributed by atoms with Crippen molar-refractivity contribution in [3.8, 4) is 0 Å². The molecule has 1 rings (SSSR count). The molecule has 0 amide bonds. The SMILES string of the molecule is NCC(C(=O)O)(c1cccc(F)c1)C(F)F. The third-order valence-electron chi connectivity index (χ3n) is 2.42. The fourth-order valence-electron chi connectivity index (χ4n) is 1.40. The van der Waals surface area contributed by atoms with Gasteiger partial charge in [0.15, 0.2) is 5.41 Å². The van der Waals surface area contributed by atoms with Crippen molar-refractivity contribution in [2.45, 2.75) is 11.8 Å². The predicted octanol–water partition coefficient (Wildman–Crippen LogP) is 1.37. The molecule has 0 saturated carbocycles. The number of carboxylic acid groups (broad SMARTS) is 1. The van der Waals surface area contributed by atoms with Crippen LogP contribution in [0.15, 0.2) is 24.3 Å². The van der Waals surface area contributed by atoms with E-state index < -0.39 is 30.2 Å². The number of hydrogen-bond acceptors (Lipinski definition) is 2. The highest BCUT2D eigenvalue weighted by Crippen LogP contribution is 2.31. The standard InChI is InChI=1S/C10H10F3NO2/c11-7-3-1-2-6(4-7)10(5-14,8(12)13)9(15)16/h1-4,8H,5,14H2,(H,15,16). The van der Waals surface area contributed by atoms with Crippen LogP contribution in [0.4, 0.5) is 13.2 Å². The Morgan fingerprint density at radius 1 is 1.50 bits per heavy atom. The summed E-state index contributed by atoms with van der Waals surface area (Å²) in [5.74, 6) is -2.55. The molecule has 0 aliphatic heterocycles. The van der Waals surface area contributed by atoms with E-state index in [-0.39, 0.29) is 5.56 Å². The van der Waals surface area contributed by atoms with Crippen molar-refractivity contribution in [1.82, 2.24) is 0 Å². The lowest BCUT2D eigenvalue weighted by Gasteiger charge is -2.27. The van der Waals surface area contributed by atoms with E-state index in [1.165, 1.54) is 6.07 Å². The zero-order chi connectivity index (χ0) is 12.3. The molecule has 1 aromatic carbocycles. The average Bonchev–Trinajstić information content (AvgIpc) is 2.18. The Labute approximate surface area is 89.7 Å². The number of carboxylic acids is 1. The van der Waals surface area contributed by atoms with Gasteiger partial charge in [0, 0.05) is 6.54 Å². The van der Waals surface area contributed by atoms with E-state index >= 15 is 0 Å². The zero-order valence-corrected chi connectivity index (χ0v) is 8.16. The maximum Gasteiger partial charge on any atom is 0.321 e. The van der Waals surface area contributed by atoms with Crippen molar-refractivity contribution in [3.63, 3.8) is 0 Å². The lowest BCUT2D eigenvalue weighted by molar-refractivity contribution is -0.150. The number of aliphatic carboxylic acids is 1. The molecule has 0 fully saturated rings. The first-order valence-corrected chi connectivity index (χ1v) is 4.42. The molecule has 3 N–H and O–H groups in total. The number of nitrogens with two attached hydrogens (primary N) is 1. The van der Waals surface area contributed by atoms with Crippen LogP contribution in [0.2, 0.25) is 0 Å². The monoisotopic (exact) mass is 233 g/mol. The summed E-state index contributed by atoms with van der Waals surface area (Å²) in [4.78, 5) is 10.9. The van der Waals surface area contributed by atoms with Crippen molar-refractivity contribution in [2.24, 2.45) is 5.73 Å². The molecular formula is C10H10F3NO2. The van der Waals surface area contributed by atoms with E-state index in [1.807, 2.05) is 0 Å². The smallest absolute Gasteiger partial charge is 0.321 e. The van der Waals surface area contributed by atoms with Gasteiger partial charge in [0.05, 0.1) is 0 Å². The molecular weight excluding hydrogens is 223 g/mol. The van der Waals surface area contributed by atoms with Gasteiger partial charge in [-0.3, -0.25) is 4.79 Å². The lowest BCUT2D eigenvalue weighted by Crippen LogP contribution is -2.49. The van der Waals surface area contributed by atoms with Gasteiger partial charge >= 0.3 is 5.97 Å². The molecule has 0 aromatic heterocycles. The molecule has 1 atom stereocenters. The van der Waals surface area contributed by atoms with Gasteiger partial charge in [-0.25, -0.2) is 13.2 Å². The summed E-state index contributed by atoms with van der Waals surface area (Å²) in [6.45, 7) is -0.802. The van der Waals surface area contributed by atoms with Gasteiger partial charge in [0.1, 0.15) is 5.82 Å². The van der Waals surface area contributed by atoms with Crippen molar-refractivity contribution in [1.29, 1.82) is 0 Å².